The smallest absolute Gasteiger partial charge is 0.268 e. The van der Waals surface area contributed by atoms with E-state index in [4.69, 9.17) is 4.74 Å². The molecule has 0 saturated heterocycles. The van der Waals surface area contributed by atoms with Crippen LogP contribution in [-0.2, 0) is 4.79 Å². The van der Waals surface area contributed by atoms with Gasteiger partial charge < -0.3 is 9.64 Å². The summed E-state index contributed by atoms with van der Waals surface area (Å²) in [7, 11) is 0. The van der Waals surface area contributed by atoms with Crippen molar-refractivity contribution < 1.29 is 9.53 Å². The molecule has 1 amide bonds. The first kappa shape index (κ1) is 15.1. The highest BCUT2D eigenvalue weighted by molar-refractivity contribution is 5.82. The van der Waals surface area contributed by atoms with Crippen LogP contribution in [0.25, 0.3) is 0 Å². The van der Waals surface area contributed by atoms with Gasteiger partial charge in [0.2, 0.25) is 6.10 Å². The summed E-state index contributed by atoms with van der Waals surface area (Å²) in [6.07, 6.45) is -0.603. The van der Waals surface area contributed by atoms with Crippen LogP contribution < -0.4 is 4.74 Å². The molecule has 0 bridgehead atoms. The number of nitrogens with zero attached hydrogens (tertiary/aromatic N) is 1. The highest BCUT2D eigenvalue weighted by Gasteiger charge is 2.26. The first-order valence-corrected chi connectivity index (χ1v) is 7.31. The predicted octanol–water partition coefficient (Wildman–Crippen LogP) is 3.68. The molecule has 0 unspecified atom stereocenters. The van der Waals surface area contributed by atoms with Gasteiger partial charge in [-0.2, -0.15) is 0 Å². The van der Waals surface area contributed by atoms with Crippen LogP contribution in [0.15, 0.2) is 60.7 Å². The lowest BCUT2D eigenvalue weighted by Crippen LogP contribution is -2.37. The van der Waals surface area contributed by atoms with E-state index in [9.17, 15) is 4.79 Å². The van der Waals surface area contributed by atoms with Crippen molar-refractivity contribution in [2.24, 2.45) is 0 Å². The molecule has 110 valence electrons. The standard InChI is InChI=1S/C18H21NO2/c1-3-19(4-2)18(20)17(15-11-7-5-8-12-15)21-16-13-9-6-10-14-16/h5-14,17H,3-4H2,1-2H3/t17-/m0/s1. The Morgan fingerprint density at radius 2 is 1.48 bits per heavy atom. The maximum Gasteiger partial charge on any atom is 0.268 e. The van der Waals surface area contributed by atoms with Crippen molar-refractivity contribution in [3.63, 3.8) is 0 Å². The van der Waals surface area contributed by atoms with Gasteiger partial charge in [-0.3, -0.25) is 4.79 Å². The van der Waals surface area contributed by atoms with Gasteiger partial charge in [-0.15, -0.1) is 0 Å². The summed E-state index contributed by atoms with van der Waals surface area (Å²) in [4.78, 5) is 14.5. The number of para-hydroxylation sites is 1. The van der Waals surface area contributed by atoms with Crippen LogP contribution in [0.4, 0.5) is 0 Å². The van der Waals surface area contributed by atoms with E-state index >= 15 is 0 Å². The van der Waals surface area contributed by atoms with Crippen molar-refractivity contribution >= 4 is 5.91 Å². The molecule has 0 radical (unpaired) electrons. The minimum absolute atomic E-state index is 0.00458. The molecule has 3 nitrogen and oxygen atoms in total. The third-order valence-corrected chi connectivity index (χ3v) is 3.40. The zero-order valence-corrected chi connectivity index (χ0v) is 12.5. The van der Waals surface area contributed by atoms with E-state index in [0.717, 1.165) is 5.56 Å². The van der Waals surface area contributed by atoms with E-state index in [-0.39, 0.29) is 5.91 Å². The SMILES string of the molecule is CCN(CC)C(=O)[C@@H](Oc1ccccc1)c1ccccc1. The molecule has 3 heteroatoms. The van der Waals surface area contributed by atoms with Crippen LogP contribution in [0.1, 0.15) is 25.5 Å². The van der Waals surface area contributed by atoms with Crippen molar-refractivity contribution in [1.82, 2.24) is 4.90 Å². The molecule has 21 heavy (non-hydrogen) atoms. The zero-order chi connectivity index (χ0) is 15.1. The number of likely N-dealkylation sites (N-methyl/N-ethyl adjacent to an activating group) is 1. The first-order valence-electron chi connectivity index (χ1n) is 7.31. The number of carbonyl (C=O) groups excluding carboxylic acids is 1. The Morgan fingerprint density at radius 1 is 0.952 bits per heavy atom. The van der Waals surface area contributed by atoms with E-state index in [2.05, 4.69) is 0 Å². The number of carbonyl (C=O) groups is 1. The van der Waals surface area contributed by atoms with Crippen molar-refractivity contribution in [3.05, 3.63) is 66.2 Å². The van der Waals surface area contributed by atoms with Gasteiger partial charge in [0.25, 0.3) is 5.91 Å². The Morgan fingerprint density at radius 3 is 2.00 bits per heavy atom. The topological polar surface area (TPSA) is 29.5 Å². The maximum absolute atomic E-state index is 12.7. The zero-order valence-electron chi connectivity index (χ0n) is 12.5. The van der Waals surface area contributed by atoms with E-state index in [1.165, 1.54) is 0 Å². The molecule has 2 aromatic rings. The van der Waals surface area contributed by atoms with Crippen LogP contribution >= 0.6 is 0 Å². The number of hydrogen-bond acceptors (Lipinski definition) is 2. The number of benzene rings is 2. The third-order valence-electron chi connectivity index (χ3n) is 3.40. The fourth-order valence-electron chi connectivity index (χ4n) is 2.23. The van der Waals surface area contributed by atoms with Gasteiger partial charge in [0.1, 0.15) is 5.75 Å². The van der Waals surface area contributed by atoms with Crippen molar-refractivity contribution in [2.45, 2.75) is 20.0 Å². The number of amides is 1. The summed E-state index contributed by atoms with van der Waals surface area (Å²) in [6.45, 7) is 5.31. The maximum atomic E-state index is 12.7. The molecule has 0 aromatic heterocycles. The van der Waals surface area contributed by atoms with Gasteiger partial charge in [0.05, 0.1) is 0 Å². The van der Waals surface area contributed by atoms with Crippen LogP contribution in [0.3, 0.4) is 0 Å². The van der Waals surface area contributed by atoms with Crippen LogP contribution in [-0.4, -0.2) is 23.9 Å². The highest BCUT2D eigenvalue weighted by atomic mass is 16.5. The van der Waals surface area contributed by atoms with Gasteiger partial charge >= 0.3 is 0 Å². The second kappa shape index (κ2) is 7.48. The molecule has 1 atom stereocenters. The summed E-state index contributed by atoms with van der Waals surface area (Å²) in [5.74, 6) is 0.696. The minimum Gasteiger partial charge on any atom is -0.476 e. The predicted molar refractivity (Wildman–Crippen MR) is 84.2 cm³/mol. The number of hydrogen-bond donors (Lipinski definition) is 0. The molecular weight excluding hydrogens is 262 g/mol. The molecular formula is C18H21NO2. The molecule has 2 rings (SSSR count). The molecule has 0 aliphatic rings. The molecule has 2 aromatic carbocycles. The van der Waals surface area contributed by atoms with Crippen molar-refractivity contribution in [3.8, 4) is 5.75 Å². The van der Waals surface area contributed by atoms with Crippen LogP contribution in [0.5, 0.6) is 5.75 Å². The molecule has 0 fully saturated rings. The fourth-order valence-corrected chi connectivity index (χ4v) is 2.23. The third kappa shape index (κ3) is 3.85. The van der Waals surface area contributed by atoms with E-state index in [0.29, 0.717) is 18.8 Å². The molecule has 0 spiro atoms. The first-order chi connectivity index (χ1) is 10.3. The van der Waals surface area contributed by atoms with Gasteiger partial charge in [0, 0.05) is 18.7 Å². The second-order valence-electron chi connectivity index (χ2n) is 4.73. The van der Waals surface area contributed by atoms with Gasteiger partial charge in [-0.1, -0.05) is 48.5 Å². The highest BCUT2D eigenvalue weighted by Crippen LogP contribution is 2.23. The normalized spacial score (nSPS) is 11.7. The van der Waals surface area contributed by atoms with Crippen molar-refractivity contribution in [2.75, 3.05) is 13.1 Å². The average molecular weight is 283 g/mol. The molecule has 0 saturated carbocycles. The molecule has 0 N–H and O–H groups in total. The Bertz CT molecular complexity index is 550. The summed E-state index contributed by atoms with van der Waals surface area (Å²) < 4.78 is 5.96. The average Bonchev–Trinajstić information content (AvgIpc) is 2.55. The molecule has 0 aliphatic heterocycles. The van der Waals surface area contributed by atoms with Crippen LogP contribution in [0.2, 0.25) is 0 Å². The summed E-state index contributed by atoms with van der Waals surface area (Å²) in [5.41, 5.74) is 0.873. The number of rotatable bonds is 6. The quantitative estimate of drug-likeness (QED) is 0.809. The Labute approximate surface area is 126 Å². The Balaban J connectivity index is 2.29. The fraction of sp³-hybridized carbons (Fsp3) is 0.278. The molecule has 0 aliphatic carbocycles. The van der Waals surface area contributed by atoms with E-state index in [1.54, 1.807) is 4.90 Å². The lowest BCUT2D eigenvalue weighted by Gasteiger charge is -2.26. The Kier molecular flexibility index (Phi) is 5.38. The lowest BCUT2D eigenvalue weighted by molar-refractivity contribution is -0.138. The van der Waals surface area contributed by atoms with Crippen molar-refractivity contribution in [1.29, 1.82) is 0 Å². The minimum atomic E-state index is -0.603. The largest absolute Gasteiger partial charge is 0.476 e. The number of ether oxygens (including phenoxy) is 1. The van der Waals surface area contributed by atoms with Crippen LogP contribution in [0, 0.1) is 0 Å². The van der Waals surface area contributed by atoms with E-state index in [1.807, 2.05) is 74.5 Å². The van der Waals surface area contributed by atoms with Gasteiger partial charge in [-0.25, -0.2) is 0 Å². The van der Waals surface area contributed by atoms with Gasteiger partial charge in [0.15, 0.2) is 0 Å². The van der Waals surface area contributed by atoms with E-state index < -0.39 is 6.10 Å². The summed E-state index contributed by atoms with van der Waals surface area (Å²) in [6, 6.07) is 19.1. The Hall–Kier alpha value is -2.29. The lowest BCUT2D eigenvalue weighted by atomic mass is 10.1. The second-order valence-corrected chi connectivity index (χ2v) is 4.73. The van der Waals surface area contributed by atoms with Gasteiger partial charge in [-0.05, 0) is 26.0 Å². The summed E-state index contributed by atoms with van der Waals surface area (Å²) >= 11 is 0. The summed E-state index contributed by atoms with van der Waals surface area (Å²) in [5, 5.41) is 0. The molecule has 0 heterocycles. The monoisotopic (exact) mass is 283 g/mol.